The summed E-state index contributed by atoms with van der Waals surface area (Å²) in [6, 6.07) is 0. The summed E-state index contributed by atoms with van der Waals surface area (Å²) in [7, 11) is -6.37. The Morgan fingerprint density at radius 3 is 1.96 bits per heavy atom. The highest BCUT2D eigenvalue weighted by atomic mass is 32.2. The van der Waals surface area contributed by atoms with Gasteiger partial charge in [-0.05, 0) is 6.42 Å². The number of unbranched alkanes of at least 4 members (excludes halogenated alkanes) is 4. The summed E-state index contributed by atoms with van der Waals surface area (Å²) in [5.41, 5.74) is 4.91. The van der Waals surface area contributed by atoms with Crippen molar-refractivity contribution >= 4 is 10.1 Å². The molecule has 0 aromatic carbocycles. The number of nitrogens with two attached hydrogens (primary N) is 1. The molecule has 0 heterocycles. The van der Waals surface area contributed by atoms with Gasteiger partial charge in [0.25, 0.3) is 0 Å². The van der Waals surface area contributed by atoms with Gasteiger partial charge < -0.3 is 5.73 Å². The Balaban J connectivity index is 0. The van der Waals surface area contributed by atoms with Crippen molar-refractivity contribution in [3.05, 3.63) is 12.7 Å². The first kappa shape index (κ1) is 24.5. The second-order valence-corrected chi connectivity index (χ2v) is 6.27. The van der Waals surface area contributed by atoms with Crippen molar-refractivity contribution in [1.82, 2.24) is 0 Å². The summed E-state index contributed by atoms with van der Waals surface area (Å²) in [5.74, 6) is -5.45. The van der Waals surface area contributed by atoms with Crippen LogP contribution in [0, 0.1) is 0 Å². The first-order valence-corrected chi connectivity index (χ1v) is 8.51. The van der Waals surface area contributed by atoms with Crippen molar-refractivity contribution in [2.45, 2.75) is 62.8 Å². The lowest BCUT2D eigenvalue weighted by atomic mass is 10.0. The molecule has 1 unspecified atom stereocenters. The van der Waals surface area contributed by atoms with Gasteiger partial charge in [0.15, 0.2) is 6.17 Å². The smallest absolute Gasteiger partial charge is 0.327 e. The van der Waals surface area contributed by atoms with Gasteiger partial charge >= 0.3 is 21.3 Å². The van der Waals surface area contributed by atoms with Crippen LogP contribution in [0.1, 0.15) is 45.4 Å². The molecular formula is C13H24F5NO3S. The lowest BCUT2D eigenvalue weighted by Gasteiger charge is -2.26. The van der Waals surface area contributed by atoms with Gasteiger partial charge in [-0.25, -0.2) is 4.39 Å². The fourth-order valence-electron chi connectivity index (χ4n) is 1.46. The quantitative estimate of drug-likeness (QED) is 0.265. The Morgan fingerprint density at radius 1 is 1.17 bits per heavy atom. The van der Waals surface area contributed by atoms with E-state index in [1.165, 1.54) is 0 Å². The van der Waals surface area contributed by atoms with Gasteiger partial charge in [-0.2, -0.15) is 26.0 Å². The molecule has 0 saturated carbocycles. The van der Waals surface area contributed by atoms with Crippen LogP contribution >= 0.6 is 0 Å². The predicted molar refractivity (Wildman–Crippen MR) is 79.0 cm³/mol. The zero-order valence-electron chi connectivity index (χ0n) is 13.0. The summed E-state index contributed by atoms with van der Waals surface area (Å²) in [6.07, 6.45) is 0.113. The molecule has 0 rings (SSSR count). The molecular weight excluding hydrogens is 345 g/mol. The molecule has 23 heavy (non-hydrogen) atoms. The molecule has 3 N–H and O–H groups in total. The van der Waals surface area contributed by atoms with Crippen LogP contribution in [0.3, 0.4) is 0 Å². The van der Waals surface area contributed by atoms with Gasteiger partial charge in [0.2, 0.25) is 0 Å². The van der Waals surface area contributed by atoms with E-state index in [9.17, 15) is 30.4 Å². The van der Waals surface area contributed by atoms with Crippen LogP contribution in [0.15, 0.2) is 12.7 Å². The molecule has 0 saturated heterocycles. The first-order chi connectivity index (χ1) is 10.4. The number of hydrogen-bond donors (Lipinski definition) is 2. The van der Waals surface area contributed by atoms with Crippen molar-refractivity contribution in [2.24, 2.45) is 5.73 Å². The molecule has 0 aliphatic carbocycles. The molecule has 0 amide bonds. The molecule has 4 nitrogen and oxygen atoms in total. The molecule has 0 fully saturated rings. The van der Waals surface area contributed by atoms with E-state index in [0.717, 1.165) is 12.8 Å². The maximum absolute atomic E-state index is 13.1. The van der Waals surface area contributed by atoms with E-state index in [1.807, 2.05) is 6.92 Å². The second-order valence-electron chi connectivity index (χ2n) is 4.81. The highest BCUT2D eigenvalue weighted by Gasteiger charge is 2.69. The van der Waals surface area contributed by atoms with Crippen molar-refractivity contribution in [3.63, 3.8) is 0 Å². The van der Waals surface area contributed by atoms with Crippen molar-refractivity contribution in [3.8, 4) is 0 Å². The molecule has 0 aliphatic heterocycles. The minimum Gasteiger partial charge on any atom is -0.327 e. The van der Waals surface area contributed by atoms with Gasteiger partial charge in [-0.15, -0.1) is 6.58 Å². The Bertz CT molecular complexity index is 429. The zero-order chi connectivity index (χ0) is 18.7. The van der Waals surface area contributed by atoms with E-state index < -0.39 is 33.9 Å². The van der Waals surface area contributed by atoms with Crippen molar-refractivity contribution < 1.29 is 34.9 Å². The molecule has 140 valence electrons. The van der Waals surface area contributed by atoms with E-state index in [1.54, 1.807) is 6.08 Å². The van der Waals surface area contributed by atoms with Crippen LogP contribution < -0.4 is 5.73 Å². The van der Waals surface area contributed by atoms with E-state index in [0.29, 0.717) is 19.4 Å². The van der Waals surface area contributed by atoms with Crippen LogP contribution in [0.25, 0.3) is 0 Å². The Labute approximate surface area is 133 Å². The molecule has 0 bridgehead atoms. The average molecular weight is 369 g/mol. The molecule has 10 heteroatoms. The van der Waals surface area contributed by atoms with E-state index in [-0.39, 0.29) is 6.42 Å². The van der Waals surface area contributed by atoms with Crippen LogP contribution in [-0.4, -0.2) is 36.9 Å². The number of rotatable bonds is 10. The molecule has 0 aromatic rings. The molecule has 0 aromatic heterocycles. The number of hydrogen-bond acceptors (Lipinski definition) is 3. The van der Waals surface area contributed by atoms with Crippen LogP contribution in [0.4, 0.5) is 22.0 Å². The Kier molecular flexibility index (Phi) is 11.6. The zero-order valence-corrected chi connectivity index (χ0v) is 13.8. The van der Waals surface area contributed by atoms with Crippen LogP contribution in [0.2, 0.25) is 0 Å². The molecule has 0 spiro atoms. The van der Waals surface area contributed by atoms with Gasteiger partial charge in [0.1, 0.15) is 0 Å². The first-order valence-electron chi connectivity index (χ1n) is 7.07. The number of alkyl halides is 5. The summed E-state index contributed by atoms with van der Waals surface area (Å²) in [6.45, 7) is 5.84. The van der Waals surface area contributed by atoms with Crippen LogP contribution in [-0.2, 0) is 10.1 Å². The summed E-state index contributed by atoms with van der Waals surface area (Å²) in [5, 5.41) is -5.83. The van der Waals surface area contributed by atoms with Gasteiger partial charge in [0, 0.05) is 6.54 Å². The average Bonchev–Trinajstić information content (AvgIpc) is 2.45. The lowest BCUT2D eigenvalue weighted by Crippen LogP contribution is -2.52. The minimum atomic E-state index is -6.37. The van der Waals surface area contributed by atoms with Crippen LogP contribution in [0.5, 0.6) is 0 Å². The van der Waals surface area contributed by atoms with E-state index >= 15 is 0 Å². The maximum Gasteiger partial charge on any atom is 0.434 e. The summed E-state index contributed by atoms with van der Waals surface area (Å²) >= 11 is 0. The third kappa shape index (κ3) is 8.07. The maximum atomic E-state index is 13.1. The highest BCUT2D eigenvalue weighted by Crippen LogP contribution is 2.43. The lowest BCUT2D eigenvalue weighted by molar-refractivity contribution is -0.198. The SMILES string of the molecule is C=CCN.CCCCCCCC(F)C(F)(F)C(F)(F)S(=O)(=O)O. The standard InChI is InChI=1S/C10H17F5O3S.C3H7N/c1-2-3-4-5-6-7-8(11)9(12,13)10(14,15)19(16,17)18;1-2-3-4/h8H,2-7H2,1H3,(H,16,17,18);2H,1,3-4H2. The fraction of sp³-hybridized carbons (Fsp3) is 0.846. The predicted octanol–water partition coefficient (Wildman–Crippen LogP) is 3.93. The summed E-state index contributed by atoms with van der Waals surface area (Å²) < 4.78 is 93.0. The largest absolute Gasteiger partial charge is 0.434 e. The highest BCUT2D eigenvalue weighted by molar-refractivity contribution is 7.87. The topological polar surface area (TPSA) is 80.4 Å². The third-order valence-corrected chi connectivity index (χ3v) is 3.75. The summed E-state index contributed by atoms with van der Waals surface area (Å²) in [4.78, 5) is 0. The molecule has 0 aliphatic rings. The monoisotopic (exact) mass is 369 g/mol. The normalized spacial score (nSPS) is 13.9. The van der Waals surface area contributed by atoms with E-state index in [2.05, 4.69) is 6.58 Å². The van der Waals surface area contributed by atoms with Crippen molar-refractivity contribution in [1.29, 1.82) is 0 Å². The minimum absolute atomic E-state index is 0.0572. The second kappa shape index (κ2) is 10.9. The Hall–Kier alpha value is -0.740. The molecule has 1 atom stereocenters. The fourth-order valence-corrected chi connectivity index (χ4v) is 1.93. The van der Waals surface area contributed by atoms with Gasteiger partial charge in [-0.3, -0.25) is 4.55 Å². The van der Waals surface area contributed by atoms with Gasteiger partial charge in [0.05, 0.1) is 0 Å². The third-order valence-electron chi connectivity index (χ3n) is 2.83. The van der Waals surface area contributed by atoms with Gasteiger partial charge in [-0.1, -0.05) is 45.1 Å². The van der Waals surface area contributed by atoms with E-state index in [4.69, 9.17) is 10.3 Å². The molecule has 0 radical (unpaired) electrons. The Morgan fingerprint density at radius 2 is 1.61 bits per heavy atom. The van der Waals surface area contributed by atoms with Crippen molar-refractivity contribution in [2.75, 3.05) is 6.54 Å². The number of halogens is 5.